The molecule has 0 radical (unpaired) electrons. The molecule has 428 valence electrons. The van der Waals surface area contributed by atoms with Gasteiger partial charge in [0.1, 0.15) is 18.8 Å². The zero-order chi connectivity index (χ0) is 54.7. The van der Waals surface area contributed by atoms with Crippen molar-refractivity contribution in [1.82, 2.24) is 0 Å². The highest BCUT2D eigenvalue weighted by Gasteiger charge is 2.50. The van der Waals surface area contributed by atoms with Crippen LogP contribution in [0.3, 0.4) is 0 Å². The summed E-state index contributed by atoms with van der Waals surface area (Å²) in [7, 11) is 0. The molecule has 1 fully saturated rings. The van der Waals surface area contributed by atoms with Crippen molar-refractivity contribution in [2.24, 2.45) is 0 Å². The molecule has 75 heavy (non-hydrogen) atoms. The molecule has 12 nitrogen and oxygen atoms in total. The van der Waals surface area contributed by atoms with Crippen LogP contribution >= 0.6 is 0 Å². The van der Waals surface area contributed by atoms with Gasteiger partial charge in [-0.3, -0.25) is 14.4 Å². The molecular formula is C63H104O12. The Labute approximate surface area is 454 Å². The monoisotopic (exact) mass is 1050 g/mol. The van der Waals surface area contributed by atoms with E-state index < -0.39 is 67.3 Å². The maximum absolute atomic E-state index is 13.1. The van der Waals surface area contributed by atoms with Crippen molar-refractivity contribution in [3.63, 3.8) is 0 Å². The van der Waals surface area contributed by atoms with Crippen LogP contribution in [0.1, 0.15) is 239 Å². The number of carboxylic acids is 1. The summed E-state index contributed by atoms with van der Waals surface area (Å²) in [5.41, 5.74) is 0. The summed E-state index contributed by atoms with van der Waals surface area (Å²) in [4.78, 5) is 51.1. The molecule has 6 unspecified atom stereocenters. The van der Waals surface area contributed by atoms with Crippen LogP contribution in [0.15, 0.2) is 85.1 Å². The first-order valence-corrected chi connectivity index (χ1v) is 29.6. The van der Waals surface area contributed by atoms with E-state index in [2.05, 4.69) is 93.7 Å². The lowest BCUT2D eigenvalue weighted by Gasteiger charge is -2.40. The van der Waals surface area contributed by atoms with Gasteiger partial charge in [-0.05, 0) is 77.0 Å². The number of aliphatic hydroxyl groups is 2. The minimum atomic E-state index is -1.92. The van der Waals surface area contributed by atoms with Crippen LogP contribution in [0, 0.1) is 0 Å². The number of unbranched alkanes of at least 4 members (excludes halogenated alkanes) is 21. The van der Waals surface area contributed by atoms with Crippen LogP contribution < -0.4 is 0 Å². The van der Waals surface area contributed by atoms with E-state index in [0.29, 0.717) is 25.7 Å². The van der Waals surface area contributed by atoms with Crippen molar-refractivity contribution < 1.29 is 58.2 Å². The fourth-order valence-electron chi connectivity index (χ4n) is 8.51. The maximum atomic E-state index is 13.1. The first kappa shape index (κ1) is 68.9. The zero-order valence-electron chi connectivity index (χ0n) is 47.0. The van der Waals surface area contributed by atoms with E-state index in [4.69, 9.17) is 23.7 Å². The lowest BCUT2D eigenvalue weighted by atomic mass is 9.98. The minimum Gasteiger partial charge on any atom is -0.479 e. The average molecular weight is 1050 g/mol. The van der Waals surface area contributed by atoms with Gasteiger partial charge in [0.2, 0.25) is 0 Å². The van der Waals surface area contributed by atoms with E-state index in [1.807, 2.05) is 12.2 Å². The number of rotatable bonds is 49. The lowest BCUT2D eigenvalue weighted by molar-refractivity contribution is -0.301. The number of aliphatic hydroxyl groups excluding tert-OH is 2. The Balaban J connectivity index is 2.72. The molecule has 0 aromatic heterocycles. The van der Waals surface area contributed by atoms with Gasteiger partial charge in [-0.15, -0.1) is 0 Å². The van der Waals surface area contributed by atoms with Gasteiger partial charge in [0.15, 0.2) is 24.6 Å². The molecule has 0 spiro atoms. The molecule has 0 saturated carbocycles. The van der Waals surface area contributed by atoms with Gasteiger partial charge < -0.3 is 39.0 Å². The predicted molar refractivity (Wildman–Crippen MR) is 303 cm³/mol. The number of aliphatic carboxylic acids is 1. The standard InChI is InChI=1S/C63H104O12/c1-4-7-10-13-16-19-22-25-27-28-30-33-36-39-42-45-48-51-57(66)74-61-59(68)58(67)60(62(69)70)75-63(61)72-53-54(73-56(65)50-47-44-41-38-35-31-24-21-18-15-12-9-6-3)52-71-55(64)49-46-43-40-37-34-32-29-26-23-20-17-14-11-8-5-2/h7,9-10,12,16,18-19,21,25,27,31,35,41,44,54,58-61,63,67-68H,4-6,8,11,13-15,17,20,22-24,26,28-30,32-34,36-40,42-43,45-53H2,1-3H3,(H,69,70)/b10-7-,12-9-,19-16-,21-18-,27-25-,35-31-,44-41-. The SMILES string of the molecule is CC/C=C\C/C=C\C/C=C\C/C=C\CCC(=O)OC(COC(=O)CCCCCCCCCCCCCCCCC)COC1OC(C(=O)O)C(O)C(O)C1OC(=O)CCCCCCCCC/C=C\C/C=C\C/C=C\CC. The summed E-state index contributed by atoms with van der Waals surface area (Å²) < 4.78 is 28.3. The number of allylic oxidation sites excluding steroid dienone is 14. The van der Waals surface area contributed by atoms with Gasteiger partial charge in [-0.25, -0.2) is 4.79 Å². The first-order chi connectivity index (χ1) is 36.6. The van der Waals surface area contributed by atoms with E-state index in [-0.39, 0.29) is 25.9 Å². The quantitative estimate of drug-likeness (QED) is 0.0228. The molecular weight excluding hydrogens is 949 g/mol. The fraction of sp³-hybridized carbons (Fsp3) is 0.714. The van der Waals surface area contributed by atoms with Crippen LogP contribution in [0.4, 0.5) is 0 Å². The molecule has 0 aromatic carbocycles. The van der Waals surface area contributed by atoms with Crippen molar-refractivity contribution in [2.75, 3.05) is 13.2 Å². The highest BCUT2D eigenvalue weighted by molar-refractivity contribution is 5.74. The molecule has 1 aliphatic rings. The molecule has 1 rings (SSSR count). The largest absolute Gasteiger partial charge is 0.479 e. The number of carboxylic acid groups (broad SMARTS) is 1. The van der Waals surface area contributed by atoms with E-state index in [9.17, 15) is 34.5 Å². The first-order valence-electron chi connectivity index (χ1n) is 29.6. The van der Waals surface area contributed by atoms with Gasteiger partial charge in [-0.2, -0.15) is 0 Å². The number of hydrogen-bond acceptors (Lipinski definition) is 11. The summed E-state index contributed by atoms with van der Waals surface area (Å²) in [6.45, 7) is 5.71. The van der Waals surface area contributed by atoms with Crippen LogP contribution in [0.25, 0.3) is 0 Å². The lowest BCUT2D eigenvalue weighted by Crippen LogP contribution is -2.61. The van der Waals surface area contributed by atoms with E-state index in [1.165, 1.54) is 70.6 Å². The Kier molecular flexibility index (Phi) is 46.6. The average Bonchev–Trinajstić information content (AvgIpc) is 3.39. The van der Waals surface area contributed by atoms with Gasteiger partial charge in [0.05, 0.1) is 6.61 Å². The molecule has 0 aromatic rings. The second kappa shape index (κ2) is 50.7. The Bertz CT molecular complexity index is 1630. The number of carbonyl (C=O) groups excluding carboxylic acids is 3. The Morgan fingerprint density at radius 3 is 1.33 bits per heavy atom. The van der Waals surface area contributed by atoms with Gasteiger partial charge in [0.25, 0.3) is 0 Å². The third-order valence-electron chi connectivity index (χ3n) is 13.0. The molecule has 0 aliphatic carbocycles. The summed E-state index contributed by atoms with van der Waals surface area (Å²) in [6, 6.07) is 0. The molecule has 1 aliphatic heterocycles. The number of hydrogen-bond donors (Lipinski definition) is 3. The maximum Gasteiger partial charge on any atom is 0.335 e. The third-order valence-corrected chi connectivity index (χ3v) is 13.0. The van der Waals surface area contributed by atoms with Gasteiger partial charge in [-0.1, -0.05) is 228 Å². The van der Waals surface area contributed by atoms with Crippen LogP contribution in [0.2, 0.25) is 0 Å². The van der Waals surface area contributed by atoms with Gasteiger partial charge >= 0.3 is 23.9 Å². The fourth-order valence-corrected chi connectivity index (χ4v) is 8.51. The summed E-state index contributed by atoms with van der Waals surface area (Å²) in [5.74, 6) is -3.24. The smallest absolute Gasteiger partial charge is 0.335 e. The molecule has 0 amide bonds. The van der Waals surface area contributed by atoms with E-state index in [1.54, 1.807) is 0 Å². The number of esters is 3. The second-order valence-electron chi connectivity index (χ2n) is 19.9. The van der Waals surface area contributed by atoms with Crippen molar-refractivity contribution in [1.29, 1.82) is 0 Å². The van der Waals surface area contributed by atoms with Crippen LogP contribution in [-0.4, -0.2) is 89.2 Å². The van der Waals surface area contributed by atoms with Crippen molar-refractivity contribution >= 4 is 23.9 Å². The Morgan fingerprint density at radius 1 is 0.453 bits per heavy atom. The van der Waals surface area contributed by atoms with Crippen molar-refractivity contribution in [3.8, 4) is 0 Å². The molecule has 12 heteroatoms. The molecule has 0 bridgehead atoms. The van der Waals surface area contributed by atoms with Crippen LogP contribution in [-0.2, 0) is 42.9 Å². The minimum absolute atomic E-state index is 0.0390. The summed E-state index contributed by atoms with van der Waals surface area (Å²) in [5, 5.41) is 31.5. The molecule has 1 saturated heterocycles. The second-order valence-corrected chi connectivity index (χ2v) is 19.9. The number of ether oxygens (including phenoxy) is 5. The zero-order valence-corrected chi connectivity index (χ0v) is 47.0. The van der Waals surface area contributed by atoms with Crippen molar-refractivity contribution in [3.05, 3.63) is 85.1 Å². The molecule has 6 atom stereocenters. The predicted octanol–water partition coefficient (Wildman–Crippen LogP) is 15.1. The van der Waals surface area contributed by atoms with Gasteiger partial charge in [0, 0.05) is 19.3 Å². The number of carbonyl (C=O) groups is 4. The topological polar surface area (TPSA) is 175 Å². The molecule has 1 heterocycles. The summed E-state index contributed by atoms with van der Waals surface area (Å²) >= 11 is 0. The molecule has 3 N–H and O–H groups in total. The summed E-state index contributed by atoms with van der Waals surface area (Å²) in [6.07, 6.45) is 52.8. The van der Waals surface area contributed by atoms with Crippen LogP contribution in [0.5, 0.6) is 0 Å². The van der Waals surface area contributed by atoms with E-state index in [0.717, 1.165) is 103 Å². The van der Waals surface area contributed by atoms with E-state index >= 15 is 0 Å². The third kappa shape index (κ3) is 40.8. The normalized spacial score (nSPS) is 18.8. The highest BCUT2D eigenvalue weighted by atomic mass is 16.7. The Morgan fingerprint density at radius 2 is 0.867 bits per heavy atom. The Hall–Kier alpha value is -4.10. The van der Waals surface area contributed by atoms with Crippen molar-refractivity contribution in [2.45, 2.75) is 276 Å². The highest BCUT2D eigenvalue weighted by Crippen LogP contribution is 2.26.